The summed E-state index contributed by atoms with van der Waals surface area (Å²) in [5, 5.41) is 0. The second-order valence-electron chi connectivity index (χ2n) is 8.17. The van der Waals surface area contributed by atoms with Crippen molar-refractivity contribution >= 4 is 29.2 Å². The number of carbonyl (C=O) groups is 1. The van der Waals surface area contributed by atoms with Gasteiger partial charge in [-0.3, -0.25) is 9.69 Å². The van der Waals surface area contributed by atoms with Crippen molar-refractivity contribution in [2.24, 2.45) is 21.5 Å². The Bertz CT molecular complexity index is 1050. The lowest BCUT2D eigenvalue weighted by molar-refractivity contribution is 0.0989. The molecule has 1 fully saturated rings. The summed E-state index contributed by atoms with van der Waals surface area (Å²) in [5.74, 6) is 0.478. The van der Waals surface area contributed by atoms with Gasteiger partial charge in [0.1, 0.15) is 5.66 Å². The third kappa shape index (κ3) is 2.93. The SMILES string of the molecule is NC1=NC2(CCCCC2)N(c2ccccc2C(=O)N2CCc3ccccc32)C(N)=N1. The van der Waals surface area contributed by atoms with Crippen molar-refractivity contribution in [1.82, 2.24) is 0 Å². The van der Waals surface area contributed by atoms with E-state index in [-0.39, 0.29) is 11.9 Å². The maximum absolute atomic E-state index is 13.7. The average Bonchev–Trinajstić information content (AvgIpc) is 3.18. The van der Waals surface area contributed by atoms with Gasteiger partial charge in [0.15, 0.2) is 0 Å². The molecule has 1 amide bonds. The van der Waals surface area contributed by atoms with Gasteiger partial charge < -0.3 is 16.4 Å². The third-order valence-electron chi connectivity index (χ3n) is 6.36. The van der Waals surface area contributed by atoms with Crippen LogP contribution in [-0.4, -0.2) is 30.0 Å². The molecular weight excluding hydrogens is 376 g/mol. The number of para-hydroxylation sites is 2. The molecule has 4 N–H and O–H groups in total. The maximum Gasteiger partial charge on any atom is 0.260 e. The molecule has 3 aliphatic rings. The highest BCUT2D eigenvalue weighted by Gasteiger charge is 2.44. The molecule has 0 radical (unpaired) electrons. The molecule has 30 heavy (non-hydrogen) atoms. The van der Waals surface area contributed by atoms with Gasteiger partial charge >= 0.3 is 0 Å². The summed E-state index contributed by atoms with van der Waals surface area (Å²) in [6, 6.07) is 15.7. The predicted octanol–water partition coefficient (Wildman–Crippen LogP) is 3.00. The van der Waals surface area contributed by atoms with Gasteiger partial charge in [0, 0.05) is 12.2 Å². The third-order valence-corrected chi connectivity index (χ3v) is 6.36. The monoisotopic (exact) mass is 402 g/mol. The Morgan fingerprint density at radius 2 is 1.63 bits per heavy atom. The smallest absolute Gasteiger partial charge is 0.260 e. The summed E-state index contributed by atoms with van der Waals surface area (Å²) in [6.45, 7) is 0.673. The van der Waals surface area contributed by atoms with E-state index in [1.807, 2.05) is 52.3 Å². The van der Waals surface area contributed by atoms with Crippen molar-refractivity contribution in [2.45, 2.75) is 44.2 Å². The van der Waals surface area contributed by atoms with Crippen molar-refractivity contribution in [1.29, 1.82) is 0 Å². The molecule has 1 spiro atoms. The summed E-state index contributed by atoms with van der Waals surface area (Å²) >= 11 is 0. The fourth-order valence-corrected chi connectivity index (χ4v) is 5.01. The van der Waals surface area contributed by atoms with Crippen LogP contribution in [0, 0.1) is 0 Å². The largest absolute Gasteiger partial charge is 0.369 e. The van der Waals surface area contributed by atoms with Crippen LogP contribution in [0.15, 0.2) is 58.5 Å². The zero-order valence-electron chi connectivity index (χ0n) is 16.9. The van der Waals surface area contributed by atoms with Crippen LogP contribution in [-0.2, 0) is 6.42 Å². The van der Waals surface area contributed by atoms with Gasteiger partial charge in [-0.1, -0.05) is 36.8 Å². The molecule has 2 aliphatic heterocycles. The quantitative estimate of drug-likeness (QED) is 0.806. The first kappa shape index (κ1) is 18.7. The first-order valence-electron chi connectivity index (χ1n) is 10.6. The number of nitrogens with zero attached hydrogens (tertiary/aromatic N) is 4. The molecular formula is C23H26N6O. The van der Waals surface area contributed by atoms with Crippen LogP contribution >= 0.6 is 0 Å². The molecule has 7 nitrogen and oxygen atoms in total. The van der Waals surface area contributed by atoms with Gasteiger partial charge in [0.25, 0.3) is 5.91 Å². The molecule has 5 rings (SSSR count). The number of amides is 1. The van der Waals surface area contributed by atoms with Crippen molar-refractivity contribution < 1.29 is 4.79 Å². The number of nitrogens with two attached hydrogens (primary N) is 2. The number of hydrogen-bond donors (Lipinski definition) is 2. The zero-order valence-corrected chi connectivity index (χ0v) is 16.9. The van der Waals surface area contributed by atoms with Gasteiger partial charge in [-0.2, -0.15) is 4.99 Å². The van der Waals surface area contributed by atoms with Gasteiger partial charge in [-0.25, -0.2) is 4.99 Å². The number of fused-ring (bicyclic) bond motifs is 1. The minimum atomic E-state index is -0.576. The van der Waals surface area contributed by atoms with E-state index in [9.17, 15) is 4.79 Å². The summed E-state index contributed by atoms with van der Waals surface area (Å²) in [4.78, 5) is 26.5. The second-order valence-corrected chi connectivity index (χ2v) is 8.17. The maximum atomic E-state index is 13.7. The molecule has 2 heterocycles. The standard InChI is InChI=1S/C23H26N6O/c24-21-26-22(25)29(23(27-21)13-6-1-7-14-23)19-11-5-3-9-17(19)20(30)28-15-12-16-8-2-4-10-18(16)28/h2-5,8-11H,1,6-7,12-15H2,(H4,24,25,26,27). The Morgan fingerprint density at radius 1 is 0.933 bits per heavy atom. The molecule has 0 aromatic heterocycles. The van der Waals surface area contributed by atoms with Gasteiger partial charge in [-0.15, -0.1) is 0 Å². The predicted molar refractivity (Wildman–Crippen MR) is 120 cm³/mol. The first-order chi connectivity index (χ1) is 14.6. The highest BCUT2D eigenvalue weighted by atomic mass is 16.2. The van der Waals surface area contributed by atoms with E-state index in [4.69, 9.17) is 16.5 Å². The van der Waals surface area contributed by atoms with Crippen LogP contribution in [0.1, 0.15) is 48.0 Å². The molecule has 154 valence electrons. The Morgan fingerprint density at radius 3 is 2.43 bits per heavy atom. The minimum Gasteiger partial charge on any atom is -0.369 e. The zero-order chi connectivity index (χ0) is 20.7. The van der Waals surface area contributed by atoms with Crippen molar-refractivity contribution in [3.8, 4) is 0 Å². The summed E-state index contributed by atoms with van der Waals surface area (Å²) in [6.07, 6.45) is 5.76. The topological polar surface area (TPSA) is 100 Å². The summed E-state index contributed by atoms with van der Waals surface area (Å²) < 4.78 is 0. The first-order valence-corrected chi connectivity index (χ1v) is 10.6. The van der Waals surface area contributed by atoms with Gasteiger partial charge in [0.05, 0.1) is 11.3 Å². The molecule has 1 aliphatic carbocycles. The Hall–Kier alpha value is -3.35. The van der Waals surface area contributed by atoms with Crippen LogP contribution < -0.4 is 21.3 Å². The Kier molecular flexibility index (Phi) is 4.46. The molecule has 0 saturated heterocycles. The molecule has 0 bridgehead atoms. The van der Waals surface area contributed by atoms with E-state index in [1.165, 1.54) is 5.56 Å². The lowest BCUT2D eigenvalue weighted by Gasteiger charge is -2.46. The highest BCUT2D eigenvalue weighted by Crippen LogP contribution is 2.41. The fraction of sp³-hybridized carbons (Fsp3) is 0.348. The molecule has 2 aromatic carbocycles. The highest BCUT2D eigenvalue weighted by molar-refractivity contribution is 6.14. The minimum absolute atomic E-state index is 0.0307. The number of hydrogen-bond acceptors (Lipinski definition) is 6. The van der Waals surface area contributed by atoms with Crippen LogP contribution in [0.2, 0.25) is 0 Å². The van der Waals surface area contributed by atoms with E-state index in [0.717, 1.165) is 49.9 Å². The van der Waals surface area contributed by atoms with Crippen molar-refractivity contribution in [3.05, 3.63) is 59.7 Å². The second kappa shape index (κ2) is 7.16. The van der Waals surface area contributed by atoms with E-state index >= 15 is 0 Å². The van der Waals surface area contributed by atoms with Crippen LogP contribution in [0.3, 0.4) is 0 Å². The van der Waals surface area contributed by atoms with Crippen LogP contribution in [0.25, 0.3) is 0 Å². The number of guanidine groups is 2. The lowest BCUT2D eigenvalue weighted by Crippen LogP contribution is -2.58. The van der Waals surface area contributed by atoms with Crippen molar-refractivity contribution in [3.63, 3.8) is 0 Å². The number of aliphatic imine (C=N–C) groups is 2. The Labute approximate surface area is 176 Å². The van der Waals surface area contributed by atoms with E-state index in [2.05, 4.69) is 11.1 Å². The Balaban J connectivity index is 1.58. The van der Waals surface area contributed by atoms with Gasteiger partial charge in [0.2, 0.25) is 11.9 Å². The van der Waals surface area contributed by atoms with Crippen LogP contribution in [0.4, 0.5) is 11.4 Å². The molecule has 1 saturated carbocycles. The normalized spacial score (nSPS) is 20.0. The average molecular weight is 403 g/mol. The fourth-order valence-electron chi connectivity index (χ4n) is 5.01. The molecule has 7 heteroatoms. The van der Waals surface area contributed by atoms with Crippen molar-refractivity contribution in [2.75, 3.05) is 16.3 Å². The van der Waals surface area contributed by atoms with Crippen LogP contribution in [0.5, 0.6) is 0 Å². The molecule has 0 atom stereocenters. The summed E-state index contributed by atoms with van der Waals surface area (Å²) in [5.41, 5.74) is 15.3. The van der Waals surface area contributed by atoms with E-state index in [1.54, 1.807) is 0 Å². The van der Waals surface area contributed by atoms with E-state index < -0.39 is 5.66 Å². The number of benzene rings is 2. The number of rotatable bonds is 2. The van der Waals surface area contributed by atoms with Gasteiger partial charge in [-0.05, 0) is 55.9 Å². The van der Waals surface area contributed by atoms with E-state index in [0.29, 0.717) is 18.1 Å². The number of anilines is 2. The lowest BCUT2D eigenvalue weighted by atomic mass is 9.87. The molecule has 0 unspecified atom stereocenters. The summed E-state index contributed by atoms with van der Waals surface area (Å²) in [7, 11) is 0. The number of carbonyl (C=O) groups excluding carboxylic acids is 1. The molecule has 2 aromatic rings.